The minimum atomic E-state index is -0.313. The summed E-state index contributed by atoms with van der Waals surface area (Å²) in [4.78, 5) is 15.9. The van der Waals surface area contributed by atoms with E-state index in [1.54, 1.807) is 11.9 Å². The number of likely N-dealkylation sites (N-methyl/N-ethyl adjacent to an activating group) is 2. The third-order valence-electron chi connectivity index (χ3n) is 2.31. The zero-order valence-electron chi connectivity index (χ0n) is 9.99. The molecule has 5 heteroatoms. The first kappa shape index (κ1) is 14.3. The molecule has 0 aromatic carbocycles. The molecule has 0 aromatic heterocycles. The van der Waals surface area contributed by atoms with E-state index in [1.165, 1.54) is 0 Å². The lowest BCUT2D eigenvalue weighted by molar-refractivity contribution is -0.132. The number of hydrogen-bond acceptors (Lipinski definition) is 3. The highest BCUT2D eigenvalue weighted by Gasteiger charge is 2.22. The summed E-state index contributed by atoms with van der Waals surface area (Å²) in [6.45, 7) is 3.46. The van der Waals surface area contributed by atoms with Crippen LogP contribution in [-0.2, 0) is 4.79 Å². The van der Waals surface area contributed by atoms with E-state index in [-0.39, 0.29) is 11.8 Å². The summed E-state index contributed by atoms with van der Waals surface area (Å²) in [5.74, 6) is -0.293. The van der Waals surface area contributed by atoms with E-state index in [0.29, 0.717) is 18.0 Å². The molecular formula is C10H21N3OS. The van der Waals surface area contributed by atoms with E-state index in [9.17, 15) is 4.79 Å². The average molecular weight is 231 g/mol. The Morgan fingerprint density at radius 2 is 1.87 bits per heavy atom. The van der Waals surface area contributed by atoms with Gasteiger partial charge in [-0.05, 0) is 20.5 Å². The van der Waals surface area contributed by atoms with Crippen molar-refractivity contribution in [3.63, 3.8) is 0 Å². The lowest BCUT2D eigenvalue weighted by atomic mass is 10.1. The maximum atomic E-state index is 11.9. The summed E-state index contributed by atoms with van der Waals surface area (Å²) < 4.78 is 0. The molecule has 4 nitrogen and oxygen atoms in total. The molecule has 1 amide bonds. The molecule has 15 heavy (non-hydrogen) atoms. The molecule has 0 bridgehead atoms. The quantitative estimate of drug-likeness (QED) is 0.669. The number of hydrogen-bond donors (Lipinski definition) is 1. The molecule has 0 aliphatic carbocycles. The van der Waals surface area contributed by atoms with Gasteiger partial charge in [0.1, 0.15) is 0 Å². The molecule has 2 N–H and O–H groups in total. The molecule has 0 rings (SSSR count). The zero-order chi connectivity index (χ0) is 12.0. The summed E-state index contributed by atoms with van der Waals surface area (Å²) in [5.41, 5.74) is 5.52. The summed E-state index contributed by atoms with van der Waals surface area (Å²) in [6, 6.07) is 0. The highest BCUT2D eigenvalue weighted by atomic mass is 32.1. The van der Waals surface area contributed by atoms with Crippen molar-refractivity contribution in [3.8, 4) is 0 Å². The smallest absolute Gasteiger partial charge is 0.232 e. The van der Waals surface area contributed by atoms with Crippen molar-refractivity contribution in [2.24, 2.45) is 11.7 Å². The number of amides is 1. The van der Waals surface area contributed by atoms with E-state index >= 15 is 0 Å². The molecule has 0 radical (unpaired) electrons. The van der Waals surface area contributed by atoms with Crippen LogP contribution >= 0.6 is 12.2 Å². The molecule has 0 heterocycles. The van der Waals surface area contributed by atoms with E-state index in [4.69, 9.17) is 18.0 Å². The van der Waals surface area contributed by atoms with Crippen LogP contribution in [0.15, 0.2) is 0 Å². The first-order valence-electron chi connectivity index (χ1n) is 5.09. The number of nitrogens with two attached hydrogens (primary N) is 1. The largest absolute Gasteiger partial charge is 0.393 e. The van der Waals surface area contributed by atoms with Crippen LogP contribution in [0.4, 0.5) is 0 Å². The third kappa shape index (κ3) is 5.09. The van der Waals surface area contributed by atoms with Crippen molar-refractivity contribution in [3.05, 3.63) is 0 Å². The molecule has 88 valence electrons. The normalized spacial score (nSPS) is 12.6. The highest BCUT2D eigenvalue weighted by Crippen LogP contribution is 2.07. The fraction of sp³-hybridized carbons (Fsp3) is 0.800. The van der Waals surface area contributed by atoms with Crippen LogP contribution in [0.3, 0.4) is 0 Å². The van der Waals surface area contributed by atoms with Crippen LogP contribution in [0.2, 0.25) is 0 Å². The van der Waals surface area contributed by atoms with Gasteiger partial charge in [-0.3, -0.25) is 4.79 Å². The standard InChI is InChI=1S/C10H21N3OS/c1-5-8(9(11)15)10(14)13(4)7-6-12(2)3/h8H,5-7H2,1-4H3,(H2,11,15). The number of thiocarbonyl (C=S) groups is 1. The molecule has 0 aliphatic rings. The van der Waals surface area contributed by atoms with Gasteiger partial charge in [0.05, 0.1) is 10.9 Å². The van der Waals surface area contributed by atoms with Gasteiger partial charge in [-0.15, -0.1) is 0 Å². The number of rotatable bonds is 6. The molecule has 1 atom stereocenters. The van der Waals surface area contributed by atoms with Crippen molar-refractivity contribution < 1.29 is 4.79 Å². The molecule has 0 saturated carbocycles. The second kappa shape index (κ2) is 6.74. The van der Waals surface area contributed by atoms with Gasteiger partial charge < -0.3 is 15.5 Å². The summed E-state index contributed by atoms with van der Waals surface area (Å²) in [5, 5.41) is 0. The maximum Gasteiger partial charge on any atom is 0.232 e. The second-order valence-corrected chi connectivity index (χ2v) is 4.40. The van der Waals surface area contributed by atoms with Gasteiger partial charge in [0.2, 0.25) is 5.91 Å². The Kier molecular flexibility index (Phi) is 6.43. The Labute approximate surface area is 97.4 Å². The van der Waals surface area contributed by atoms with Crippen LogP contribution in [-0.4, -0.2) is 54.9 Å². The number of nitrogens with zero attached hydrogens (tertiary/aromatic N) is 2. The molecule has 0 aliphatic heterocycles. The zero-order valence-corrected chi connectivity index (χ0v) is 10.8. The number of carbonyl (C=O) groups excluding carboxylic acids is 1. The van der Waals surface area contributed by atoms with Crippen molar-refractivity contribution in [2.45, 2.75) is 13.3 Å². The van der Waals surface area contributed by atoms with Gasteiger partial charge in [-0.1, -0.05) is 19.1 Å². The minimum Gasteiger partial charge on any atom is -0.393 e. The summed E-state index contributed by atoms with van der Waals surface area (Å²) >= 11 is 4.87. The molecule has 0 fully saturated rings. The lowest BCUT2D eigenvalue weighted by Crippen LogP contribution is -2.41. The third-order valence-corrected chi connectivity index (χ3v) is 2.59. The van der Waals surface area contributed by atoms with Gasteiger partial charge >= 0.3 is 0 Å². The first-order valence-corrected chi connectivity index (χ1v) is 5.50. The first-order chi connectivity index (χ1) is 6.90. The minimum absolute atomic E-state index is 0.0202. The SMILES string of the molecule is CCC(C(=O)N(C)CCN(C)C)C(N)=S. The van der Waals surface area contributed by atoms with Crippen LogP contribution in [0.5, 0.6) is 0 Å². The summed E-state index contributed by atoms with van der Waals surface area (Å²) in [6.07, 6.45) is 0.667. The molecule has 0 saturated heterocycles. The molecular weight excluding hydrogens is 210 g/mol. The predicted octanol–water partition coefficient (Wildman–Crippen LogP) is 0.319. The van der Waals surface area contributed by atoms with Crippen LogP contribution in [0, 0.1) is 5.92 Å². The van der Waals surface area contributed by atoms with Crippen LogP contribution in [0.1, 0.15) is 13.3 Å². The van der Waals surface area contributed by atoms with Gasteiger partial charge in [0.25, 0.3) is 0 Å². The summed E-state index contributed by atoms with van der Waals surface area (Å²) in [7, 11) is 5.74. The fourth-order valence-electron chi connectivity index (χ4n) is 1.22. The maximum absolute atomic E-state index is 11.9. The average Bonchev–Trinajstić information content (AvgIpc) is 2.14. The lowest BCUT2D eigenvalue weighted by Gasteiger charge is -2.23. The van der Waals surface area contributed by atoms with E-state index < -0.39 is 0 Å². The Balaban J connectivity index is 4.23. The van der Waals surface area contributed by atoms with Crippen molar-refractivity contribution in [2.75, 3.05) is 34.2 Å². The molecule has 0 spiro atoms. The fourth-order valence-corrected chi connectivity index (χ4v) is 1.49. The second-order valence-electron chi connectivity index (χ2n) is 3.93. The topological polar surface area (TPSA) is 49.6 Å². The van der Waals surface area contributed by atoms with Crippen LogP contribution < -0.4 is 5.73 Å². The Morgan fingerprint density at radius 3 is 2.20 bits per heavy atom. The predicted molar refractivity (Wildman–Crippen MR) is 66.8 cm³/mol. The van der Waals surface area contributed by atoms with E-state index in [2.05, 4.69) is 0 Å². The molecule has 1 unspecified atom stereocenters. The van der Waals surface area contributed by atoms with Crippen molar-refractivity contribution in [1.29, 1.82) is 0 Å². The van der Waals surface area contributed by atoms with Gasteiger partial charge in [-0.25, -0.2) is 0 Å². The van der Waals surface area contributed by atoms with Crippen LogP contribution in [0.25, 0.3) is 0 Å². The number of carbonyl (C=O) groups is 1. The Hall–Kier alpha value is -0.680. The molecule has 0 aromatic rings. The van der Waals surface area contributed by atoms with E-state index in [0.717, 1.165) is 6.54 Å². The monoisotopic (exact) mass is 231 g/mol. The van der Waals surface area contributed by atoms with E-state index in [1.807, 2.05) is 25.9 Å². The van der Waals surface area contributed by atoms with Crippen molar-refractivity contribution in [1.82, 2.24) is 9.80 Å². The van der Waals surface area contributed by atoms with Gasteiger partial charge in [-0.2, -0.15) is 0 Å². The van der Waals surface area contributed by atoms with Crippen molar-refractivity contribution >= 4 is 23.1 Å². The Bertz CT molecular complexity index is 231. The van der Waals surface area contributed by atoms with Gasteiger partial charge in [0.15, 0.2) is 0 Å². The Morgan fingerprint density at radius 1 is 1.33 bits per heavy atom. The van der Waals surface area contributed by atoms with Gasteiger partial charge in [0, 0.05) is 20.1 Å². The highest BCUT2D eigenvalue weighted by molar-refractivity contribution is 7.80.